The maximum absolute atomic E-state index is 12.8. The number of piperidine rings is 1. The number of hydrogen-bond donors (Lipinski definition) is 0. The number of likely N-dealkylation sites (tertiary alicyclic amines) is 2. The summed E-state index contributed by atoms with van der Waals surface area (Å²) in [6, 6.07) is 4.52. The molecule has 4 rings (SSSR count). The van der Waals surface area contributed by atoms with Gasteiger partial charge in [0.15, 0.2) is 5.79 Å². The van der Waals surface area contributed by atoms with Gasteiger partial charge < -0.3 is 14.4 Å². The Morgan fingerprint density at radius 1 is 1.26 bits per heavy atom. The van der Waals surface area contributed by atoms with Crippen LogP contribution in [0.1, 0.15) is 36.6 Å². The molecular weight excluding hydrogens is 312 g/mol. The van der Waals surface area contributed by atoms with Crippen LogP contribution < -0.4 is 0 Å². The summed E-state index contributed by atoms with van der Waals surface area (Å²) < 4.78 is 11.5. The summed E-state index contributed by atoms with van der Waals surface area (Å²) in [6.07, 6.45) is 3.94. The average molecular weight is 336 g/mol. The van der Waals surface area contributed by atoms with Crippen molar-refractivity contribution >= 4 is 17.2 Å². The van der Waals surface area contributed by atoms with Crippen LogP contribution in [0, 0.1) is 0 Å². The zero-order valence-electron chi connectivity index (χ0n) is 13.4. The van der Waals surface area contributed by atoms with Crippen molar-refractivity contribution < 1.29 is 14.3 Å². The Kier molecular flexibility index (Phi) is 4.41. The lowest BCUT2D eigenvalue weighted by molar-refractivity contribution is -0.186. The third-order valence-electron chi connectivity index (χ3n) is 5.24. The standard InChI is InChI=1S/C17H24N2O3S/c20-16(19-7-1-3-14(19)15-4-2-12-23-15)13-18-8-5-17(6-9-18)21-10-11-22-17/h2,4,12,14H,1,3,5-11,13H2. The van der Waals surface area contributed by atoms with Crippen molar-refractivity contribution in [3.8, 4) is 0 Å². The molecule has 5 nitrogen and oxygen atoms in total. The molecule has 6 heteroatoms. The minimum absolute atomic E-state index is 0.269. The monoisotopic (exact) mass is 336 g/mol. The summed E-state index contributed by atoms with van der Waals surface area (Å²) in [5, 5.41) is 2.10. The van der Waals surface area contributed by atoms with E-state index in [-0.39, 0.29) is 11.7 Å². The van der Waals surface area contributed by atoms with Gasteiger partial charge in [-0.15, -0.1) is 11.3 Å². The molecule has 0 bridgehead atoms. The first-order valence-electron chi connectivity index (χ1n) is 8.59. The second-order valence-corrected chi connectivity index (χ2v) is 7.62. The first kappa shape index (κ1) is 15.6. The second kappa shape index (κ2) is 6.51. The first-order chi connectivity index (χ1) is 11.3. The summed E-state index contributed by atoms with van der Waals surface area (Å²) >= 11 is 1.76. The van der Waals surface area contributed by atoms with Gasteiger partial charge in [-0.1, -0.05) is 6.07 Å². The van der Waals surface area contributed by atoms with Crippen LogP contribution in [0.2, 0.25) is 0 Å². The number of hydrogen-bond acceptors (Lipinski definition) is 5. The van der Waals surface area contributed by atoms with Gasteiger partial charge in [0.2, 0.25) is 5.91 Å². The van der Waals surface area contributed by atoms with Gasteiger partial charge in [-0.2, -0.15) is 0 Å². The van der Waals surface area contributed by atoms with Gasteiger partial charge in [-0.25, -0.2) is 0 Å². The molecule has 0 aromatic carbocycles. The van der Waals surface area contributed by atoms with Crippen molar-refractivity contribution in [3.05, 3.63) is 22.4 Å². The maximum Gasteiger partial charge on any atom is 0.237 e. The summed E-state index contributed by atoms with van der Waals surface area (Å²) in [6.45, 7) is 4.58. The first-order valence-corrected chi connectivity index (χ1v) is 9.47. The van der Waals surface area contributed by atoms with E-state index in [1.807, 2.05) is 0 Å². The molecular formula is C17H24N2O3S. The molecule has 3 fully saturated rings. The molecule has 0 saturated carbocycles. The lowest BCUT2D eigenvalue weighted by atomic mass is 10.0. The molecule has 1 amide bonds. The fourth-order valence-electron chi connectivity index (χ4n) is 3.96. The quantitative estimate of drug-likeness (QED) is 0.849. The van der Waals surface area contributed by atoms with E-state index in [2.05, 4.69) is 27.3 Å². The zero-order valence-corrected chi connectivity index (χ0v) is 14.2. The van der Waals surface area contributed by atoms with Crippen molar-refractivity contribution in [2.45, 2.75) is 37.5 Å². The normalized spacial score (nSPS) is 27.8. The molecule has 0 aliphatic carbocycles. The third kappa shape index (κ3) is 3.18. The number of amides is 1. The van der Waals surface area contributed by atoms with E-state index in [4.69, 9.17) is 9.47 Å². The van der Waals surface area contributed by atoms with Crippen LogP contribution in [-0.2, 0) is 14.3 Å². The second-order valence-electron chi connectivity index (χ2n) is 6.64. The molecule has 126 valence electrons. The molecule has 1 atom stereocenters. The Morgan fingerprint density at radius 2 is 2.04 bits per heavy atom. The van der Waals surface area contributed by atoms with Gasteiger partial charge in [0.05, 0.1) is 25.8 Å². The summed E-state index contributed by atoms with van der Waals surface area (Å²) in [4.78, 5) is 18.4. The molecule has 3 aliphatic rings. The largest absolute Gasteiger partial charge is 0.347 e. The maximum atomic E-state index is 12.8. The predicted octanol–water partition coefficient (Wildman–Crippen LogP) is 2.25. The molecule has 4 heterocycles. The van der Waals surface area contributed by atoms with E-state index in [0.717, 1.165) is 45.3 Å². The van der Waals surface area contributed by atoms with E-state index in [9.17, 15) is 4.79 Å². The Bertz CT molecular complexity index is 532. The minimum Gasteiger partial charge on any atom is -0.347 e. The van der Waals surface area contributed by atoms with Crippen LogP contribution in [0.3, 0.4) is 0 Å². The van der Waals surface area contributed by atoms with E-state index in [1.54, 1.807) is 11.3 Å². The number of ether oxygens (including phenoxy) is 2. The average Bonchev–Trinajstić information content (AvgIpc) is 3.31. The van der Waals surface area contributed by atoms with Crippen LogP contribution in [0.5, 0.6) is 0 Å². The highest BCUT2D eigenvalue weighted by Crippen LogP contribution is 2.35. The summed E-state index contributed by atoms with van der Waals surface area (Å²) in [7, 11) is 0. The topological polar surface area (TPSA) is 42.0 Å². The van der Waals surface area contributed by atoms with E-state index < -0.39 is 0 Å². The number of nitrogens with zero attached hydrogens (tertiary/aromatic N) is 2. The van der Waals surface area contributed by atoms with E-state index in [0.29, 0.717) is 25.8 Å². The zero-order chi connectivity index (χ0) is 15.7. The summed E-state index contributed by atoms with van der Waals surface area (Å²) in [5.74, 6) is -0.0858. The van der Waals surface area contributed by atoms with Gasteiger partial charge >= 0.3 is 0 Å². The molecule has 1 unspecified atom stereocenters. The van der Waals surface area contributed by atoms with E-state index in [1.165, 1.54) is 4.88 Å². The number of rotatable bonds is 3. The van der Waals surface area contributed by atoms with E-state index >= 15 is 0 Å². The lowest BCUT2D eigenvalue weighted by Crippen LogP contribution is -2.48. The SMILES string of the molecule is O=C(CN1CCC2(CC1)OCCO2)N1CCCC1c1cccs1. The van der Waals surface area contributed by atoms with Crippen LogP contribution in [-0.4, -0.2) is 60.9 Å². The Hall–Kier alpha value is -0.950. The highest BCUT2D eigenvalue weighted by atomic mass is 32.1. The molecule has 23 heavy (non-hydrogen) atoms. The van der Waals surface area contributed by atoms with Crippen molar-refractivity contribution in [2.24, 2.45) is 0 Å². The number of carbonyl (C=O) groups is 1. The highest BCUT2D eigenvalue weighted by Gasteiger charge is 2.40. The van der Waals surface area contributed by atoms with Crippen molar-refractivity contribution in [2.75, 3.05) is 39.4 Å². The Morgan fingerprint density at radius 3 is 2.74 bits per heavy atom. The Labute approximate surface area is 141 Å². The molecule has 3 aliphatic heterocycles. The van der Waals surface area contributed by atoms with Crippen molar-refractivity contribution in [1.29, 1.82) is 0 Å². The predicted molar refractivity (Wildman–Crippen MR) is 88.3 cm³/mol. The molecule has 1 aromatic heterocycles. The minimum atomic E-state index is -0.354. The summed E-state index contributed by atoms with van der Waals surface area (Å²) in [5.41, 5.74) is 0. The fraction of sp³-hybridized carbons (Fsp3) is 0.706. The van der Waals surface area contributed by atoms with Gasteiger partial charge in [-0.05, 0) is 24.3 Å². The molecule has 3 saturated heterocycles. The van der Waals surface area contributed by atoms with Crippen molar-refractivity contribution in [3.63, 3.8) is 0 Å². The van der Waals surface area contributed by atoms with Gasteiger partial charge in [0.1, 0.15) is 0 Å². The van der Waals surface area contributed by atoms with Crippen LogP contribution >= 0.6 is 11.3 Å². The number of thiophene rings is 1. The van der Waals surface area contributed by atoms with Crippen LogP contribution in [0.25, 0.3) is 0 Å². The molecule has 0 radical (unpaired) electrons. The van der Waals surface area contributed by atoms with Gasteiger partial charge in [0, 0.05) is 37.4 Å². The van der Waals surface area contributed by atoms with Crippen molar-refractivity contribution in [1.82, 2.24) is 9.80 Å². The molecule has 1 spiro atoms. The third-order valence-corrected chi connectivity index (χ3v) is 6.21. The Balaban J connectivity index is 1.33. The highest BCUT2D eigenvalue weighted by molar-refractivity contribution is 7.10. The lowest BCUT2D eigenvalue weighted by Gasteiger charge is -2.38. The number of carbonyl (C=O) groups excluding carboxylic acids is 1. The molecule has 1 aromatic rings. The van der Waals surface area contributed by atoms with Gasteiger partial charge in [-0.3, -0.25) is 9.69 Å². The smallest absolute Gasteiger partial charge is 0.237 e. The molecule has 0 N–H and O–H groups in total. The van der Waals surface area contributed by atoms with Crippen LogP contribution in [0.15, 0.2) is 17.5 Å². The fourth-order valence-corrected chi connectivity index (χ4v) is 4.84. The van der Waals surface area contributed by atoms with Gasteiger partial charge in [0.25, 0.3) is 0 Å². The van der Waals surface area contributed by atoms with Crippen LogP contribution in [0.4, 0.5) is 0 Å².